The van der Waals surface area contributed by atoms with Crippen LogP contribution < -0.4 is 5.32 Å². The number of anilines is 2. The minimum Gasteiger partial charge on any atom is -0.354 e. The molecule has 4 nitrogen and oxygen atoms in total. The lowest BCUT2D eigenvalue weighted by atomic mass is 9.86. The van der Waals surface area contributed by atoms with E-state index in [0.29, 0.717) is 12.1 Å². The molecule has 0 spiro atoms. The molecule has 3 rings (SSSR count). The number of hydrogen-bond acceptors (Lipinski definition) is 3. The van der Waals surface area contributed by atoms with E-state index in [1.54, 1.807) is 17.3 Å². The summed E-state index contributed by atoms with van der Waals surface area (Å²) in [6, 6.07) is 20.0. The van der Waals surface area contributed by atoms with E-state index in [1.807, 2.05) is 55.6 Å². The van der Waals surface area contributed by atoms with Gasteiger partial charge in [-0.3, -0.25) is 9.78 Å². The predicted molar refractivity (Wildman–Crippen MR) is 115 cm³/mol. The van der Waals surface area contributed by atoms with Gasteiger partial charge >= 0.3 is 0 Å². The fraction of sp³-hybridized carbons (Fsp3) is 0.250. The third-order valence-corrected chi connectivity index (χ3v) is 4.61. The highest BCUT2D eigenvalue weighted by molar-refractivity contribution is 5.94. The van der Waals surface area contributed by atoms with Crippen LogP contribution in [-0.2, 0) is 12.0 Å². The third kappa shape index (κ3) is 4.77. The molecule has 4 heteroatoms. The molecule has 2 aromatic carbocycles. The molecule has 0 fully saturated rings. The molecule has 0 unspecified atom stereocenters. The van der Waals surface area contributed by atoms with Crippen LogP contribution in [0.3, 0.4) is 0 Å². The van der Waals surface area contributed by atoms with E-state index >= 15 is 0 Å². The zero-order valence-corrected chi connectivity index (χ0v) is 16.9. The van der Waals surface area contributed by atoms with E-state index in [9.17, 15) is 4.79 Å². The van der Waals surface area contributed by atoms with Gasteiger partial charge in [-0.05, 0) is 28.7 Å². The van der Waals surface area contributed by atoms with Gasteiger partial charge in [-0.2, -0.15) is 0 Å². The molecule has 0 aliphatic rings. The molecule has 1 aromatic heterocycles. The van der Waals surface area contributed by atoms with Crippen molar-refractivity contribution in [3.63, 3.8) is 0 Å². The Morgan fingerprint density at radius 2 is 1.68 bits per heavy atom. The first-order valence-electron chi connectivity index (χ1n) is 9.45. The minimum absolute atomic E-state index is 0.0142. The van der Waals surface area contributed by atoms with E-state index in [-0.39, 0.29) is 11.3 Å². The number of carbonyl (C=O) groups excluding carboxylic acids is 1. The monoisotopic (exact) mass is 373 g/mol. The summed E-state index contributed by atoms with van der Waals surface area (Å²) in [5, 5.41) is 3.43. The van der Waals surface area contributed by atoms with Gasteiger partial charge in [-0.25, -0.2) is 0 Å². The van der Waals surface area contributed by atoms with Gasteiger partial charge in [0.25, 0.3) is 5.91 Å². The molecule has 144 valence electrons. The average molecular weight is 374 g/mol. The van der Waals surface area contributed by atoms with Crippen molar-refractivity contribution >= 4 is 17.3 Å². The zero-order chi connectivity index (χ0) is 20.1. The second kappa shape index (κ2) is 8.26. The number of para-hydroxylation sites is 1. The molecule has 0 saturated heterocycles. The lowest BCUT2D eigenvalue weighted by molar-refractivity contribution is 0.0784. The Kier molecular flexibility index (Phi) is 5.78. The summed E-state index contributed by atoms with van der Waals surface area (Å²) in [5.41, 5.74) is 4.72. The normalized spacial score (nSPS) is 11.1. The van der Waals surface area contributed by atoms with Gasteiger partial charge in [-0.15, -0.1) is 0 Å². The topological polar surface area (TPSA) is 45.2 Å². The fourth-order valence-electron chi connectivity index (χ4n) is 3.18. The number of carbonyl (C=O) groups is 1. The average Bonchev–Trinajstić information content (AvgIpc) is 2.68. The highest BCUT2D eigenvalue weighted by atomic mass is 16.2. The Labute approximate surface area is 167 Å². The second-order valence-corrected chi connectivity index (χ2v) is 8.03. The van der Waals surface area contributed by atoms with Gasteiger partial charge in [0.2, 0.25) is 0 Å². The summed E-state index contributed by atoms with van der Waals surface area (Å²) in [6.45, 7) is 7.11. The van der Waals surface area contributed by atoms with Crippen LogP contribution in [0.4, 0.5) is 11.4 Å². The van der Waals surface area contributed by atoms with Crippen LogP contribution in [-0.4, -0.2) is 22.8 Å². The van der Waals surface area contributed by atoms with Crippen LogP contribution >= 0.6 is 0 Å². The van der Waals surface area contributed by atoms with Crippen molar-refractivity contribution in [2.24, 2.45) is 0 Å². The summed E-state index contributed by atoms with van der Waals surface area (Å²) in [7, 11) is 1.81. The van der Waals surface area contributed by atoms with Crippen molar-refractivity contribution in [2.75, 3.05) is 12.4 Å². The lowest BCUT2D eigenvalue weighted by Crippen LogP contribution is -2.26. The standard InChI is InChI=1S/C24H27N3O/c1-24(2,3)21-12-8-9-13-22(21)26-20-14-19(15-25-16-20)23(28)27(4)17-18-10-6-5-7-11-18/h5-16,26H,17H2,1-4H3. The number of amides is 1. The van der Waals surface area contributed by atoms with Crippen LogP contribution in [0.15, 0.2) is 73.1 Å². The van der Waals surface area contributed by atoms with Gasteiger partial charge in [0, 0.05) is 25.5 Å². The number of nitrogens with one attached hydrogen (secondary N) is 1. The largest absolute Gasteiger partial charge is 0.354 e. The maximum Gasteiger partial charge on any atom is 0.255 e. The number of aromatic nitrogens is 1. The van der Waals surface area contributed by atoms with Crippen molar-refractivity contribution in [2.45, 2.75) is 32.7 Å². The van der Waals surface area contributed by atoms with E-state index in [2.05, 4.69) is 43.2 Å². The Bertz CT molecular complexity index is 945. The van der Waals surface area contributed by atoms with E-state index in [4.69, 9.17) is 0 Å². The molecule has 1 N–H and O–H groups in total. The number of hydrogen-bond donors (Lipinski definition) is 1. The Hall–Kier alpha value is -3.14. The van der Waals surface area contributed by atoms with Crippen molar-refractivity contribution in [1.82, 2.24) is 9.88 Å². The molecule has 0 radical (unpaired) electrons. The second-order valence-electron chi connectivity index (χ2n) is 8.03. The van der Waals surface area contributed by atoms with E-state index in [1.165, 1.54) is 5.56 Å². The first-order chi connectivity index (χ1) is 13.3. The van der Waals surface area contributed by atoms with Gasteiger partial charge in [0.1, 0.15) is 0 Å². The molecular weight excluding hydrogens is 346 g/mol. The quantitative estimate of drug-likeness (QED) is 0.652. The molecule has 28 heavy (non-hydrogen) atoms. The first-order valence-corrected chi connectivity index (χ1v) is 9.45. The Balaban J connectivity index is 1.78. The van der Waals surface area contributed by atoms with Gasteiger partial charge in [0.15, 0.2) is 0 Å². The molecule has 0 saturated carbocycles. The van der Waals surface area contributed by atoms with Crippen molar-refractivity contribution in [3.05, 3.63) is 89.7 Å². The lowest BCUT2D eigenvalue weighted by Gasteiger charge is -2.23. The zero-order valence-electron chi connectivity index (χ0n) is 16.9. The summed E-state index contributed by atoms with van der Waals surface area (Å²) < 4.78 is 0. The van der Waals surface area contributed by atoms with Crippen LogP contribution in [0.1, 0.15) is 42.3 Å². The third-order valence-electron chi connectivity index (χ3n) is 4.61. The SMILES string of the molecule is CN(Cc1ccccc1)C(=O)c1cncc(Nc2ccccc2C(C)(C)C)c1. The van der Waals surface area contributed by atoms with Crippen LogP contribution in [0.5, 0.6) is 0 Å². The number of benzene rings is 2. The molecule has 3 aromatic rings. The van der Waals surface area contributed by atoms with Crippen molar-refractivity contribution < 1.29 is 4.79 Å². The minimum atomic E-state index is -0.0518. The smallest absolute Gasteiger partial charge is 0.255 e. The molecular formula is C24H27N3O. The molecule has 0 atom stereocenters. The van der Waals surface area contributed by atoms with Crippen molar-refractivity contribution in [3.8, 4) is 0 Å². The fourth-order valence-corrected chi connectivity index (χ4v) is 3.18. The summed E-state index contributed by atoms with van der Waals surface area (Å²) >= 11 is 0. The number of nitrogens with zero attached hydrogens (tertiary/aromatic N) is 2. The molecule has 0 aliphatic carbocycles. The van der Waals surface area contributed by atoms with Crippen LogP contribution in [0.25, 0.3) is 0 Å². The molecule has 0 bridgehead atoms. The maximum absolute atomic E-state index is 12.8. The van der Waals surface area contributed by atoms with Gasteiger partial charge < -0.3 is 10.2 Å². The van der Waals surface area contributed by atoms with E-state index in [0.717, 1.165) is 16.9 Å². The predicted octanol–water partition coefficient (Wildman–Crippen LogP) is 5.39. The first kappa shape index (κ1) is 19.6. The van der Waals surface area contributed by atoms with Gasteiger partial charge in [-0.1, -0.05) is 69.3 Å². The highest BCUT2D eigenvalue weighted by Gasteiger charge is 2.18. The molecule has 1 heterocycles. The number of pyridine rings is 1. The number of rotatable bonds is 5. The van der Waals surface area contributed by atoms with E-state index < -0.39 is 0 Å². The molecule has 1 amide bonds. The van der Waals surface area contributed by atoms with Crippen molar-refractivity contribution in [1.29, 1.82) is 0 Å². The Morgan fingerprint density at radius 1 is 1.00 bits per heavy atom. The summed E-state index contributed by atoms with van der Waals surface area (Å²) in [5.74, 6) is -0.0518. The highest BCUT2D eigenvalue weighted by Crippen LogP contribution is 2.31. The summed E-state index contributed by atoms with van der Waals surface area (Å²) in [6.07, 6.45) is 3.36. The van der Waals surface area contributed by atoms with Gasteiger partial charge in [0.05, 0.1) is 17.4 Å². The van der Waals surface area contributed by atoms with Crippen LogP contribution in [0, 0.1) is 0 Å². The Morgan fingerprint density at radius 3 is 2.39 bits per heavy atom. The summed E-state index contributed by atoms with van der Waals surface area (Å²) in [4.78, 5) is 18.8. The maximum atomic E-state index is 12.8. The molecule has 0 aliphatic heterocycles. The van der Waals surface area contributed by atoms with Crippen LogP contribution in [0.2, 0.25) is 0 Å².